The molecule has 1 saturated heterocycles. The number of piperidine rings is 1. The Morgan fingerprint density at radius 1 is 1.28 bits per heavy atom. The zero-order valence-electron chi connectivity index (χ0n) is 14.4. The maximum Gasteiger partial charge on any atom is 0.509 e. The van der Waals surface area contributed by atoms with Crippen molar-refractivity contribution in [1.82, 2.24) is 4.90 Å². The molecule has 25 heavy (non-hydrogen) atoms. The van der Waals surface area contributed by atoms with Crippen LogP contribution in [-0.4, -0.2) is 54.4 Å². The lowest BCUT2D eigenvalue weighted by Crippen LogP contribution is -2.51. The largest absolute Gasteiger partial charge is 0.509 e. The van der Waals surface area contributed by atoms with Gasteiger partial charge in [0.1, 0.15) is 0 Å². The summed E-state index contributed by atoms with van der Waals surface area (Å²) in [5, 5.41) is 11.0. The lowest BCUT2D eigenvalue weighted by molar-refractivity contribution is -0.501. The second-order valence-electron chi connectivity index (χ2n) is 6.04. The van der Waals surface area contributed by atoms with Gasteiger partial charge >= 0.3 is 6.16 Å². The van der Waals surface area contributed by atoms with E-state index in [1.165, 1.54) is 5.56 Å². The van der Waals surface area contributed by atoms with E-state index in [0.717, 1.165) is 13.0 Å². The van der Waals surface area contributed by atoms with E-state index in [4.69, 9.17) is 9.47 Å². The van der Waals surface area contributed by atoms with Crippen molar-refractivity contribution in [2.45, 2.75) is 31.8 Å². The average molecular weight is 373 g/mol. The molecule has 0 aliphatic carbocycles. The van der Waals surface area contributed by atoms with E-state index in [-0.39, 0.29) is 25.6 Å². The van der Waals surface area contributed by atoms with Gasteiger partial charge in [-0.3, -0.25) is 10.1 Å². The summed E-state index contributed by atoms with van der Waals surface area (Å²) >= 11 is 0. The van der Waals surface area contributed by atoms with Crippen LogP contribution in [0.3, 0.4) is 0 Å². The number of nitro groups is 1. The SMILES string of the molecule is CCOC(=O)OC1(C[N+](=O)[O-])CCN(CCc2ccccc2)CC1.Cl. The first-order valence-electron chi connectivity index (χ1n) is 8.27. The first-order valence-corrected chi connectivity index (χ1v) is 8.27. The highest BCUT2D eigenvalue weighted by molar-refractivity contribution is 5.85. The number of nitrogens with zero attached hydrogens (tertiary/aromatic N) is 2. The number of likely N-dealkylation sites (tertiary alicyclic amines) is 1. The number of benzene rings is 1. The normalized spacial score (nSPS) is 16.5. The topological polar surface area (TPSA) is 81.9 Å². The quantitative estimate of drug-likeness (QED) is 0.416. The number of rotatable bonds is 7. The Kier molecular flexibility index (Phi) is 8.65. The fraction of sp³-hybridized carbons (Fsp3) is 0.588. The Morgan fingerprint density at radius 3 is 2.48 bits per heavy atom. The highest BCUT2D eigenvalue weighted by Gasteiger charge is 2.43. The Bertz CT molecular complexity index is 547. The van der Waals surface area contributed by atoms with Crippen LogP contribution in [0.4, 0.5) is 4.79 Å². The summed E-state index contributed by atoms with van der Waals surface area (Å²) < 4.78 is 10.1. The predicted octanol–water partition coefficient (Wildman–Crippen LogP) is 2.94. The van der Waals surface area contributed by atoms with Crippen LogP contribution in [-0.2, 0) is 15.9 Å². The van der Waals surface area contributed by atoms with Crippen LogP contribution in [0.2, 0.25) is 0 Å². The second kappa shape index (κ2) is 10.2. The number of hydrogen-bond donors (Lipinski definition) is 0. The Balaban J connectivity index is 0.00000312. The molecular weight excluding hydrogens is 348 g/mol. The summed E-state index contributed by atoms with van der Waals surface area (Å²) in [5.41, 5.74) is 0.210. The first kappa shape index (κ1) is 21.2. The lowest BCUT2D eigenvalue weighted by atomic mass is 9.91. The van der Waals surface area contributed by atoms with Crippen molar-refractivity contribution in [3.63, 3.8) is 0 Å². The number of carbonyl (C=O) groups excluding carboxylic acids is 1. The molecular formula is C17H25ClN2O5. The van der Waals surface area contributed by atoms with Crippen molar-refractivity contribution in [3.05, 3.63) is 46.0 Å². The van der Waals surface area contributed by atoms with Crippen molar-refractivity contribution in [1.29, 1.82) is 0 Å². The Labute approximate surface area is 153 Å². The molecule has 0 spiro atoms. The van der Waals surface area contributed by atoms with Crippen molar-refractivity contribution in [3.8, 4) is 0 Å². The fourth-order valence-corrected chi connectivity index (χ4v) is 2.97. The van der Waals surface area contributed by atoms with Crippen LogP contribution in [0, 0.1) is 10.1 Å². The highest BCUT2D eigenvalue weighted by Crippen LogP contribution is 2.27. The molecule has 8 heteroatoms. The van der Waals surface area contributed by atoms with Gasteiger partial charge in [0, 0.05) is 37.4 Å². The van der Waals surface area contributed by atoms with E-state index >= 15 is 0 Å². The first-order chi connectivity index (χ1) is 11.5. The number of carbonyl (C=O) groups is 1. The number of halogens is 1. The molecule has 1 heterocycles. The number of hydrogen-bond acceptors (Lipinski definition) is 6. The third-order valence-corrected chi connectivity index (χ3v) is 4.31. The second-order valence-corrected chi connectivity index (χ2v) is 6.04. The Morgan fingerprint density at radius 2 is 1.92 bits per heavy atom. The summed E-state index contributed by atoms with van der Waals surface area (Å²) in [6.45, 7) is 3.71. The third kappa shape index (κ3) is 6.88. The molecule has 0 amide bonds. The minimum Gasteiger partial charge on any atom is -0.435 e. The molecule has 0 unspecified atom stereocenters. The molecule has 1 aliphatic rings. The van der Waals surface area contributed by atoms with Gasteiger partial charge in [0.05, 0.1) is 6.61 Å². The predicted molar refractivity (Wildman–Crippen MR) is 95.8 cm³/mol. The molecule has 7 nitrogen and oxygen atoms in total. The van der Waals surface area contributed by atoms with Gasteiger partial charge in [-0.1, -0.05) is 30.3 Å². The summed E-state index contributed by atoms with van der Waals surface area (Å²) in [4.78, 5) is 24.4. The van der Waals surface area contributed by atoms with E-state index in [2.05, 4.69) is 17.0 Å². The summed E-state index contributed by atoms with van der Waals surface area (Å²) in [7, 11) is 0. The molecule has 1 aromatic rings. The summed E-state index contributed by atoms with van der Waals surface area (Å²) in [6, 6.07) is 10.2. The minimum atomic E-state index is -1.06. The standard InChI is InChI=1S/C17H24N2O5.ClH/c1-2-23-16(20)24-17(14-19(21)22)9-12-18(13-10-17)11-8-15-6-4-3-5-7-15;/h3-7H,2,8-14H2,1H3;1H. The summed E-state index contributed by atoms with van der Waals surface area (Å²) in [6.07, 6.45) is 1.00. The van der Waals surface area contributed by atoms with Crippen molar-refractivity contribution in [2.24, 2.45) is 0 Å². The third-order valence-electron chi connectivity index (χ3n) is 4.31. The maximum absolute atomic E-state index is 11.6. The molecule has 0 N–H and O–H groups in total. The molecule has 2 rings (SSSR count). The molecule has 1 aromatic carbocycles. The van der Waals surface area contributed by atoms with Crippen molar-refractivity contribution >= 4 is 18.6 Å². The van der Waals surface area contributed by atoms with Gasteiger partial charge in [0.15, 0.2) is 5.60 Å². The van der Waals surface area contributed by atoms with Crippen LogP contribution in [0.15, 0.2) is 30.3 Å². The van der Waals surface area contributed by atoms with E-state index in [1.807, 2.05) is 18.2 Å². The lowest BCUT2D eigenvalue weighted by Gasteiger charge is -2.38. The summed E-state index contributed by atoms with van der Waals surface area (Å²) in [5.74, 6) is 0. The number of ether oxygens (including phenoxy) is 2. The zero-order chi connectivity index (χ0) is 17.4. The highest BCUT2D eigenvalue weighted by atomic mass is 35.5. The van der Waals surface area contributed by atoms with Crippen LogP contribution in [0.5, 0.6) is 0 Å². The molecule has 0 atom stereocenters. The Hall–Kier alpha value is -1.86. The van der Waals surface area contributed by atoms with E-state index in [9.17, 15) is 14.9 Å². The van der Waals surface area contributed by atoms with Crippen LogP contribution in [0.25, 0.3) is 0 Å². The van der Waals surface area contributed by atoms with E-state index in [0.29, 0.717) is 25.9 Å². The molecule has 1 aliphatic heterocycles. The monoisotopic (exact) mass is 372 g/mol. The molecule has 140 valence electrons. The van der Waals surface area contributed by atoms with Gasteiger partial charge in [-0.15, -0.1) is 12.4 Å². The van der Waals surface area contributed by atoms with Gasteiger partial charge in [0.2, 0.25) is 6.54 Å². The molecule has 0 radical (unpaired) electrons. The smallest absolute Gasteiger partial charge is 0.435 e. The van der Waals surface area contributed by atoms with Gasteiger partial charge in [0.25, 0.3) is 0 Å². The van der Waals surface area contributed by atoms with Gasteiger partial charge in [-0.05, 0) is 18.9 Å². The van der Waals surface area contributed by atoms with Gasteiger partial charge in [-0.25, -0.2) is 4.79 Å². The van der Waals surface area contributed by atoms with Gasteiger partial charge < -0.3 is 14.4 Å². The fourth-order valence-electron chi connectivity index (χ4n) is 2.97. The van der Waals surface area contributed by atoms with Gasteiger partial charge in [-0.2, -0.15) is 0 Å². The van der Waals surface area contributed by atoms with E-state index in [1.54, 1.807) is 6.92 Å². The van der Waals surface area contributed by atoms with Crippen molar-refractivity contribution < 1.29 is 19.2 Å². The van der Waals surface area contributed by atoms with Crippen LogP contribution < -0.4 is 0 Å². The van der Waals surface area contributed by atoms with Crippen LogP contribution >= 0.6 is 12.4 Å². The minimum absolute atomic E-state index is 0. The van der Waals surface area contributed by atoms with Crippen LogP contribution in [0.1, 0.15) is 25.3 Å². The molecule has 0 bridgehead atoms. The average Bonchev–Trinajstić information content (AvgIpc) is 2.55. The van der Waals surface area contributed by atoms with E-state index < -0.39 is 16.7 Å². The van der Waals surface area contributed by atoms with Crippen molar-refractivity contribution in [2.75, 3.05) is 32.8 Å². The zero-order valence-corrected chi connectivity index (χ0v) is 15.2. The maximum atomic E-state index is 11.6. The molecule has 0 saturated carbocycles. The molecule has 0 aromatic heterocycles. The molecule has 1 fully saturated rings.